The molecule has 2 fully saturated rings. The topological polar surface area (TPSA) is 75.4 Å². The number of amides is 2. The van der Waals surface area contributed by atoms with Crippen LogP contribution in [0.4, 0.5) is 0 Å². The molecule has 2 saturated heterocycles. The van der Waals surface area contributed by atoms with Gasteiger partial charge in [0.1, 0.15) is 0 Å². The molecule has 2 amide bonds. The number of hydrogen-bond donors (Lipinski definition) is 2. The van der Waals surface area contributed by atoms with E-state index in [9.17, 15) is 9.59 Å². The minimum Gasteiger partial charge on any atom is -0.370 e. The van der Waals surface area contributed by atoms with Crippen LogP contribution in [-0.4, -0.2) is 42.4 Å². The van der Waals surface area contributed by atoms with Crippen LogP contribution in [0.3, 0.4) is 0 Å². The molecule has 0 aliphatic carbocycles. The van der Waals surface area contributed by atoms with Gasteiger partial charge in [-0.2, -0.15) is 0 Å². The highest BCUT2D eigenvalue weighted by atomic mass is 16.2. The monoisotopic (exact) mass is 253 g/mol. The van der Waals surface area contributed by atoms with E-state index in [0.29, 0.717) is 24.8 Å². The highest BCUT2D eigenvalue weighted by Crippen LogP contribution is 2.28. The number of hydrogen-bond acceptors (Lipinski definition) is 3. The van der Waals surface area contributed by atoms with Crippen molar-refractivity contribution in [1.82, 2.24) is 10.2 Å². The molecule has 2 aliphatic heterocycles. The Hall–Kier alpha value is -1.10. The van der Waals surface area contributed by atoms with Crippen molar-refractivity contribution in [3.63, 3.8) is 0 Å². The third-order valence-electron chi connectivity index (χ3n) is 4.09. The minimum atomic E-state index is -0.250. The first-order valence-electron chi connectivity index (χ1n) is 6.97. The van der Waals surface area contributed by atoms with Crippen LogP contribution in [0, 0.1) is 5.92 Å². The molecule has 2 atom stereocenters. The van der Waals surface area contributed by atoms with Crippen LogP contribution in [-0.2, 0) is 9.59 Å². The Kier molecular flexibility index (Phi) is 4.58. The van der Waals surface area contributed by atoms with Gasteiger partial charge in [0.05, 0.1) is 0 Å². The summed E-state index contributed by atoms with van der Waals surface area (Å²) in [6, 6.07) is 0.418. The number of fused-ring (bicyclic) bond motifs is 1. The van der Waals surface area contributed by atoms with E-state index in [-0.39, 0.29) is 11.8 Å². The maximum atomic E-state index is 12.0. The smallest absolute Gasteiger partial charge is 0.222 e. The SMILES string of the molecule is NC(=O)CCCCN1C(=O)CCC2CNCCC21. The first-order chi connectivity index (χ1) is 8.68. The van der Waals surface area contributed by atoms with Crippen molar-refractivity contribution in [3.8, 4) is 0 Å². The summed E-state index contributed by atoms with van der Waals surface area (Å²) in [6.45, 7) is 2.83. The lowest BCUT2D eigenvalue weighted by molar-refractivity contribution is -0.139. The molecule has 2 unspecified atom stereocenters. The highest BCUT2D eigenvalue weighted by molar-refractivity contribution is 5.77. The van der Waals surface area contributed by atoms with E-state index in [2.05, 4.69) is 10.2 Å². The highest BCUT2D eigenvalue weighted by Gasteiger charge is 2.36. The van der Waals surface area contributed by atoms with Crippen LogP contribution >= 0.6 is 0 Å². The van der Waals surface area contributed by atoms with E-state index < -0.39 is 0 Å². The Morgan fingerprint density at radius 1 is 1.39 bits per heavy atom. The van der Waals surface area contributed by atoms with E-state index in [1.165, 1.54) is 0 Å². The fraction of sp³-hybridized carbons (Fsp3) is 0.846. The predicted molar refractivity (Wildman–Crippen MR) is 68.8 cm³/mol. The van der Waals surface area contributed by atoms with E-state index in [1.54, 1.807) is 0 Å². The summed E-state index contributed by atoms with van der Waals surface area (Å²) >= 11 is 0. The van der Waals surface area contributed by atoms with Gasteiger partial charge in [-0.3, -0.25) is 9.59 Å². The molecular formula is C13H23N3O2. The molecule has 0 aromatic carbocycles. The van der Waals surface area contributed by atoms with Gasteiger partial charge in [0, 0.05) is 25.4 Å². The van der Waals surface area contributed by atoms with Gasteiger partial charge in [0.2, 0.25) is 11.8 Å². The number of unbranched alkanes of at least 4 members (excludes halogenated alkanes) is 1. The Morgan fingerprint density at radius 2 is 2.22 bits per heavy atom. The summed E-state index contributed by atoms with van der Waals surface area (Å²) in [6.07, 6.45) is 4.86. The molecule has 2 heterocycles. The number of likely N-dealkylation sites (tertiary alicyclic amines) is 1. The van der Waals surface area contributed by atoms with E-state index in [1.807, 2.05) is 0 Å². The van der Waals surface area contributed by atoms with Crippen molar-refractivity contribution in [2.24, 2.45) is 11.7 Å². The number of piperidine rings is 2. The van der Waals surface area contributed by atoms with Crippen LogP contribution in [0.5, 0.6) is 0 Å². The Morgan fingerprint density at radius 3 is 3.00 bits per heavy atom. The largest absolute Gasteiger partial charge is 0.370 e. The third kappa shape index (κ3) is 3.22. The zero-order chi connectivity index (χ0) is 13.0. The van der Waals surface area contributed by atoms with E-state index in [4.69, 9.17) is 5.73 Å². The number of nitrogens with zero attached hydrogens (tertiary/aromatic N) is 1. The van der Waals surface area contributed by atoms with Gasteiger partial charge in [-0.15, -0.1) is 0 Å². The molecule has 5 nitrogen and oxygen atoms in total. The lowest BCUT2D eigenvalue weighted by Crippen LogP contribution is -2.55. The molecule has 0 aromatic heterocycles. The Labute approximate surface area is 108 Å². The molecule has 0 aromatic rings. The molecule has 18 heavy (non-hydrogen) atoms. The van der Waals surface area contributed by atoms with Gasteiger partial charge in [0.25, 0.3) is 0 Å². The maximum absolute atomic E-state index is 12.0. The predicted octanol–water partition coefficient (Wildman–Crippen LogP) is 0.242. The summed E-state index contributed by atoms with van der Waals surface area (Å²) in [5.74, 6) is 0.657. The molecule has 0 saturated carbocycles. The standard InChI is InChI=1S/C13H23N3O2/c14-12(17)3-1-2-8-16-11-6-7-15-9-10(11)4-5-13(16)18/h10-11,15H,1-9H2,(H2,14,17). The quantitative estimate of drug-likeness (QED) is 0.689. The van der Waals surface area contributed by atoms with Gasteiger partial charge < -0.3 is 16.0 Å². The van der Waals surface area contributed by atoms with Gasteiger partial charge in [-0.25, -0.2) is 0 Å². The fourth-order valence-electron chi connectivity index (χ4n) is 3.12. The summed E-state index contributed by atoms with van der Waals surface area (Å²) in [7, 11) is 0. The van der Waals surface area contributed by atoms with Crippen LogP contribution < -0.4 is 11.1 Å². The second kappa shape index (κ2) is 6.18. The molecule has 5 heteroatoms. The van der Waals surface area contributed by atoms with E-state index in [0.717, 1.165) is 45.3 Å². The van der Waals surface area contributed by atoms with Crippen LogP contribution in [0.25, 0.3) is 0 Å². The fourth-order valence-corrected chi connectivity index (χ4v) is 3.12. The normalized spacial score (nSPS) is 28.0. The second-order valence-corrected chi connectivity index (χ2v) is 5.37. The minimum absolute atomic E-state index is 0.250. The summed E-state index contributed by atoms with van der Waals surface area (Å²) in [4.78, 5) is 24.7. The Balaban J connectivity index is 1.83. The lowest BCUT2D eigenvalue weighted by Gasteiger charge is -2.44. The molecule has 2 aliphatic rings. The lowest BCUT2D eigenvalue weighted by atomic mass is 9.84. The number of carbonyl (C=O) groups excluding carboxylic acids is 2. The summed E-state index contributed by atoms with van der Waals surface area (Å²) < 4.78 is 0. The maximum Gasteiger partial charge on any atom is 0.222 e. The zero-order valence-corrected chi connectivity index (χ0v) is 10.9. The summed E-state index contributed by atoms with van der Waals surface area (Å²) in [5, 5.41) is 3.40. The number of rotatable bonds is 5. The first kappa shape index (κ1) is 13.3. The van der Waals surface area contributed by atoms with Gasteiger partial charge in [0.15, 0.2) is 0 Å². The van der Waals surface area contributed by atoms with Crippen molar-refractivity contribution in [2.75, 3.05) is 19.6 Å². The molecular weight excluding hydrogens is 230 g/mol. The second-order valence-electron chi connectivity index (χ2n) is 5.37. The average Bonchev–Trinajstić information content (AvgIpc) is 2.36. The third-order valence-corrected chi connectivity index (χ3v) is 4.09. The molecule has 0 radical (unpaired) electrons. The molecule has 2 rings (SSSR count). The van der Waals surface area contributed by atoms with Crippen molar-refractivity contribution in [3.05, 3.63) is 0 Å². The van der Waals surface area contributed by atoms with Gasteiger partial charge >= 0.3 is 0 Å². The number of nitrogens with one attached hydrogen (secondary N) is 1. The van der Waals surface area contributed by atoms with Crippen LogP contribution in [0.15, 0.2) is 0 Å². The first-order valence-corrected chi connectivity index (χ1v) is 6.97. The van der Waals surface area contributed by atoms with Crippen molar-refractivity contribution >= 4 is 11.8 Å². The Bertz CT molecular complexity index is 319. The zero-order valence-electron chi connectivity index (χ0n) is 10.9. The van der Waals surface area contributed by atoms with E-state index >= 15 is 0 Å². The van der Waals surface area contributed by atoms with Crippen molar-refractivity contribution < 1.29 is 9.59 Å². The number of carbonyl (C=O) groups is 2. The van der Waals surface area contributed by atoms with Crippen molar-refractivity contribution in [2.45, 2.75) is 44.6 Å². The van der Waals surface area contributed by atoms with Gasteiger partial charge in [-0.1, -0.05) is 0 Å². The van der Waals surface area contributed by atoms with Crippen LogP contribution in [0.1, 0.15) is 38.5 Å². The molecule has 0 bridgehead atoms. The average molecular weight is 253 g/mol. The molecule has 102 valence electrons. The number of primary amides is 1. The molecule has 3 N–H and O–H groups in total. The molecule has 0 spiro atoms. The van der Waals surface area contributed by atoms with Crippen molar-refractivity contribution in [1.29, 1.82) is 0 Å². The van der Waals surface area contributed by atoms with Crippen LogP contribution in [0.2, 0.25) is 0 Å². The van der Waals surface area contributed by atoms with Gasteiger partial charge in [-0.05, 0) is 44.7 Å². The summed E-state index contributed by atoms with van der Waals surface area (Å²) in [5.41, 5.74) is 5.12. The number of nitrogens with two attached hydrogens (primary N) is 1.